The fraction of sp³-hybridized carbons (Fsp3) is 0.150. The van der Waals surface area contributed by atoms with Gasteiger partial charge in [-0.15, -0.1) is 0 Å². The minimum atomic E-state index is -1.95. The second-order valence-corrected chi connectivity index (χ2v) is 6.74. The Morgan fingerprint density at radius 2 is 1.90 bits per heavy atom. The van der Waals surface area contributed by atoms with Crippen molar-refractivity contribution < 1.29 is 24.5 Å². The zero-order chi connectivity index (χ0) is 21.8. The van der Waals surface area contributed by atoms with E-state index in [4.69, 9.17) is 16.3 Å². The molecular formula is C20H18ClN3O6. The Balaban J connectivity index is 1.94. The number of amides is 1. The van der Waals surface area contributed by atoms with E-state index in [0.717, 1.165) is 10.7 Å². The summed E-state index contributed by atoms with van der Waals surface area (Å²) in [5.74, 6) is -2.03. The molecule has 0 aliphatic heterocycles. The van der Waals surface area contributed by atoms with Crippen molar-refractivity contribution in [1.29, 1.82) is 0 Å². The van der Waals surface area contributed by atoms with E-state index < -0.39 is 29.6 Å². The van der Waals surface area contributed by atoms with Crippen LogP contribution in [0.4, 0.5) is 0 Å². The van der Waals surface area contributed by atoms with Crippen LogP contribution in [-0.4, -0.2) is 45.1 Å². The van der Waals surface area contributed by atoms with Crippen molar-refractivity contribution in [3.8, 4) is 11.4 Å². The van der Waals surface area contributed by atoms with Gasteiger partial charge in [-0.25, -0.2) is 9.48 Å². The van der Waals surface area contributed by atoms with Gasteiger partial charge < -0.3 is 20.3 Å². The van der Waals surface area contributed by atoms with E-state index in [1.165, 1.54) is 19.2 Å². The highest BCUT2D eigenvalue weighted by atomic mass is 35.5. The van der Waals surface area contributed by atoms with Gasteiger partial charge in [0.05, 0.1) is 18.8 Å². The van der Waals surface area contributed by atoms with Crippen LogP contribution in [-0.2, 0) is 4.79 Å². The van der Waals surface area contributed by atoms with Crippen LogP contribution < -0.4 is 15.6 Å². The Bertz CT molecular complexity index is 1140. The summed E-state index contributed by atoms with van der Waals surface area (Å²) >= 11 is 5.94. The molecule has 9 nitrogen and oxygen atoms in total. The number of ether oxygens (including phenoxy) is 1. The van der Waals surface area contributed by atoms with Crippen molar-refractivity contribution >= 4 is 23.5 Å². The Labute approximate surface area is 175 Å². The van der Waals surface area contributed by atoms with Gasteiger partial charge in [-0.1, -0.05) is 35.9 Å². The summed E-state index contributed by atoms with van der Waals surface area (Å²) in [6.45, 7) is 0. The number of aliphatic carboxylic acids is 1. The number of carboxylic acid groups (broad SMARTS) is 1. The number of carbonyl (C=O) groups excluding carboxylic acids is 1. The first-order valence-corrected chi connectivity index (χ1v) is 9.12. The van der Waals surface area contributed by atoms with Crippen LogP contribution in [0.25, 0.3) is 5.69 Å². The number of benzene rings is 2. The standard InChI is InChI=1S/C20H18ClN3O6/c1-30-15-8-3-2-7-13(15)17(18(26)20(28)29)22-19(27)14-10-16(25)24(23-14)12-6-4-5-11(21)9-12/h2-10,17-18,23,26H,1H3,(H,22,27)(H,28,29)/t17-,18-/m1/s1. The molecule has 2 aromatic carbocycles. The van der Waals surface area contributed by atoms with Gasteiger partial charge in [-0.3, -0.25) is 14.7 Å². The number of carbonyl (C=O) groups is 2. The minimum Gasteiger partial charge on any atom is -0.496 e. The number of halogens is 1. The van der Waals surface area contributed by atoms with Crippen LogP contribution in [0.2, 0.25) is 5.02 Å². The van der Waals surface area contributed by atoms with Crippen LogP contribution in [0, 0.1) is 0 Å². The van der Waals surface area contributed by atoms with Gasteiger partial charge in [0, 0.05) is 16.7 Å². The maximum absolute atomic E-state index is 12.8. The maximum atomic E-state index is 12.8. The molecule has 1 amide bonds. The quantitative estimate of drug-likeness (QED) is 0.450. The molecule has 156 valence electrons. The largest absolute Gasteiger partial charge is 0.496 e. The third-order valence-corrected chi connectivity index (χ3v) is 4.60. The molecular weight excluding hydrogens is 414 g/mol. The Morgan fingerprint density at radius 3 is 2.57 bits per heavy atom. The zero-order valence-electron chi connectivity index (χ0n) is 15.7. The number of H-pyrrole nitrogens is 1. The number of para-hydroxylation sites is 1. The number of rotatable bonds is 7. The predicted molar refractivity (Wildman–Crippen MR) is 108 cm³/mol. The number of methoxy groups -OCH3 is 1. The lowest BCUT2D eigenvalue weighted by Crippen LogP contribution is -2.40. The lowest BCUT2D eigenvalue weighted by molar-refractivity contribution is -0.148. The van der Waals surface area contributed by atoms with Crippen LogP contribution in [0.15, 0.2) is 59.4 Å². The molecule has 0 aliphatic carbocycles. The molecule has 30 heavy (non-hydrogen) atoms. The molecule has 0 aliphatic rings. The fourth-order valence-electron chi connectivity index (χ4n) is 2.93. The molecule has 0 spiro atoms. The fourth-order valence-corrected chi connectivity index (χ4v) is 3.12. The van der Waals surface area contributed by atoms with Gasteiger partial charge in [0.2, 0.25) is 0 Å². The zero-order valence-corrected chi connectivity index (χ0v) is 16.5. The van der Waals surface area contributed by atoms with Gasteiger partial charge in [0.15, 0.2) is 6.10 Å². The average molecular weight is 432 g/mol. The molecule has 0 saturated heterocycles. The molecule has 1 aromatic heterocycles. The van der Waals surface area contributed by atoms with Crippen LogP contribution in [0.5, 0.6) is 5.75 Å². The second-order valence-electron chi connectivity index (χ2n) is 6.30. The molecule has 3 rings (SSSR count). The van der Waals surface area contributed by atoms with Crippen molar-refractivity contribution in [2.45, 2.75) is 12.1 Å². The number of hydrogen-bond acceptors (Lipinski definition) is 5. The molecule has 1 heterocycles. The summed E-state index contributed by atoms with van der Waals surface area (Å²) < 4.78 is 6.32. The molecule has 2 atom stereocenters. The van der Waals surface area contributed by atoms with Crippen LogP contribution in [0.3, 0.4) is 0 Å². The van der Waals surface area contributed by atoms with Crippen molar-refractivity contribution in [1.82, 2.24) is 15.1 Å². The summed E-state index contributed by atoms with van der Waals surface area (Å²) in [6.07, 6.45) is -1.95. The van der Waals surface area contributed by atoms with Crippen LogP contribution in [0.1, 0.15) is 22.1 Å². The highest BCUT2D eigenvalue weighted by molar-refractivity contribution is 6.30. The van der Waals surface area contributed by atoms with Crippen LogP contribution >= 0.6 is 11.6 Å². The predicted octanol–water partition coefficient (Wildman–Crippen LogP) is 1.74. The lowest BCUT2D eigenvalue weighted by Gasteiger charge is -2.23. The first-order valence-electron chi connectivity index (χ1n) is 8.74. The number of aromatic nitrogens is 2. The Hall–Kier alpha value is -3.56. The minimum absolute atomic E-state index is 0.127. The topological polar surface area (TPSA) is 134 Å². The van der Waals surface area contributed by atoms with E-state index in [1.807, 2.05) is 0 Å². The molecule has 0 unspecified atom stereocenters. The third kappa shape index (κ3) is 4.37. The summed E-state index contributed by atoms with van der Waals surface area (Å²) in [7, 11) is 1.38. The molecule has 0 radical (unpaired) electrons. The number of carboxylic acids is 1. The number of nitrogens with one attached hydrogen (secondary N) is 2. The number of nitrogens with zero attached hydrogens (tertiary/aromatic N) is 1. The molecule has 10 heteroatoms. The maximum Gasteiger partial charge on any atom is 0.335 e. The molecule has 0 saturated carbocycles. The van der Waals surface area contributed by atoms with Gasteiger partial charge in [0.25, 0.3) is 11.5 Å². The SMILES string of the molecule is COc1ccccc1[C@@H](NC(=O)c1cc(=O)n(-c2cccc(Cl)c2)[nH]1)[C@@H](O)C(=O)O. The number of aromatic amines is 1. The second kappa shape index (κ2) is 8.85. The summed E-state index contributed by atoms with van der Waals surface area (Å²) in [5.41, 5.74) is 0.0331. The van der Waals surface area contributed by atoms with Gasteiger partial charge >= 0.3 is 5.97 Å². The molecule has 4 N–H and O–H groups in total. The molecule has 0 bridgehead atoms. The van der Waals surface area contributed by atoms with Crippen molar-refractivity contribution in [2.75, 3.05) is 7.11 Å². The summed E-state index contributed by atoms with van der Waals surface area (Å²) in [4.78, 5) is 36.4. The monoisotopic (exact) mass is 431 g/mol. The van der Waals surface area contributed by atoms with E-state index >= 15 is 0 Å². The Kier molecular flexibility index (Phi) is 6.24. The molecule has 0 fully saturated rings. The van der Waals surface area contributed by atoms with Gasteiger partial charge in [0.1, 0.15) is 11.4 Å². The molecule has 3 aromatic rings. The lowest BCUT2D eigenvalue weighted by atomic mass is 10.00. The van der Waals surface area contributed by atoms with Gasteiger partial charge in [-0.05, 0) is 24.3 Å². The highest BCUT2D eigenvalue weighted by Gasteiger charge is 2.31. The van der Waals surface area contributed by atoms with Crippen molar-refractivity contribution in [3.63, 3.8) is 0 Å². The van der Waals surface area contributed by atoms with E-state index in [-0.39, 0.29) is 17.0 Å². The van der Waals surface area contributed by atoms with Gasteiger partial charge in [-0.2, -0.15) is 0 Å². The van der Waals surface area contributed by atoms with Crippen molar-refractivity contribution in [3.05, 3.63) is 81.2 Å². The summed E-state index contributed by atoms with van der Waals surface area (Å²) in [5, 5.41) is 24.9. The number of aliphatic hydroxyl groups is 1. The summed E-state index contributed by atoms with van der Waals surface area (Å²) in [6, 6.07) is 12.5. The van der Waals surface area contributed by atoms with E-state index in [0.29, 0.717) is 10.7 Å². The normalized spacial score (nSPS) is 12.8. The van der Waals surface area contributed by atoms with E-state index in [1.54, 1.807) is 36.4 Å². The van der Waals surface area contributed by atoms with E-state index in [9.17, 15) is 24.6 Å². The third-order valence-electron chi connectivity index (χ3n) is 4.36. The highest BCUT2D eigenvalue weighted by Crippen LogP contribution is 2.27. The first-order chi connectivity index (χ1) is 14.3. The number of aliphatic hydroxyl groups excluding tert-OH is 1. The smallest absolute Gasteiger partial charge is 0.335 e. The Morgan fingerprint density at radius 1 is 1.17 bits per heavy atom. The number of hydrogen-bond donors (Lipinski definition) is 4. The first kappa shape index (κ1) is 21.2. The van der Waals surface area contributed by atoms with E-state index in [2.05, 4.69) is 10.4 Å². The average Bonchev–Trinajstić information content (AvgIpc) is 3.13. The van der Waals surface area contributed by atoms with Crippen molar-refractivity contribution in [2.24, 2.45) is 0 Å².